The zero-order valence-corrected chi connectivity index (χ0v) is 9.24. The summed E-state index contributed by atoms with van der Waals surface area (Å²) in [6, 6.07) is 3.14. The molecule has 1 aromatic heterocycles. The van der Waals surface area contributed by atoms with E-state index in [4.69, 9.17) is 0 Å². The smallest absolute Gasteiger partial charge is 0.131 e. The van der Waals surface area contributed by atoms with Crippen molar-refractivity contribution in [3.63, 3.8) is 0 Å². The quantitative estimate of drug-likeness (QED) is 0.700. The predicted octanol–water partition coefficient (Wildman–Crippen LogP) is 0.825. The van der Waals surface area contributed by atoms with Gasteiger partial charge >= 0.3 is 0 Å². The molecule has 3 rings (SSSR count). The number of hydrogen-bond donors (Lipinski definition) is 3. The van der Waals surface area contributed by atoms with Gasteiger partial charge in [-0.15, -0.1) is 0 Å². The molecular weight excluding hydrogens is 202 g/mol. The second-order valence-corrected chi connectivity index (χ2v) is 4.54. The second kappa shape index (κ2) is 4.25. The summed E-state index contributed by atoms with van der Waals surface area (Å²) in [5.74, 6) is 1.86. The molecule has 86 valence electrons. The lowest BCUT2D eigenvalue weighted by Gasteiger charge is -2.12. The molecule has 1 saturated carbocycles. The van der Waals surface area contributed by atoms with Gasteiger partial charge in [-0.3, -0.25) is 0 Å². The van der Waals surface area contributed by atoms with Crippen LogP contribution in [0.3, 0.4) is 0 Å². The largest absolute Gasteiger partial charge is 0.367 e. The van der Waals surface area contributed by atoms with E-state index in [1.54, 1.807) is 6.33 Å². The van der Waals surface area contributed by atoms with Crippen molar-refractivity contribution in [3.8, 4) is 0 Å². The van der Waals surface area contributed by atoms with Crippen molar-refractivity contribution in [2.75, 3.05) is 23.7 Å². The summed E-state index contributed by atoms with van der Waals surface area (Å²) >= 11 is 0. The fraction of sp³-hybridized carbons (Fsp3) is 0.636. The summed E-state index contributed by atoms with van der Waals surface area (Å²) in [5.41, 5.74) is 0. The molecule has 5 nitrogen and oxygen atoms in total. The van der Waals surface area contributed by atoms with Crippen molar-refractivity contribution in [2.24, 2.45) is 0 Å². The highest BCUT2D eigenvalue weighted by atomic mass is 15.1. The average Bonchev–Trinajstić information content (AvgIpc) is 2.94. The molecule has 2 fully saturated rings. The lowest BCUT2D eigenvalue weighted by Crippen LogP contribution is -2.22. The topological polar surface area (TPSA) is 61.9 Å². The van der Waals surface area contributed by atoms with Crippen LogP contribution < -0.4 is 16.0 Å². The van der Waals surface area contributed by atoms with E-state index in [-0.39, 0.29) is 0 Å². The first-order valence-electron chi connectivity index (χ1n) is 5.96. The minimum Gasteiger partial charge on any atom is -0.367 e. The normalized spacial score (nSPS) is 24.4. The van der Waals surface area contributed by atoms with E-state index in [1.165, 1.54) is 12.8 Å². The van der Waals surface area contributed by atoms with E-state index in [0.29, 0.717) is 12.1 Å². The van der Waals surface area contributed by atoms with E-state index in [2.05, 4.69) is 25.9 Å². The Bertz CT molecular complexity index is 357. The molecule has 0 aromatic carbocycles. The standard InChI is InChI=1S/C11H17N5/c1-2-8(1)15-10-5-11(14-7-13-10)16-9-3-4-12-6-9/h5,7-9,12H,1-4,6H2,(H2,13,14,15,16)/t9-/m0/s1. The van der Waals surface area contributed by atoms with Gasteiger partial charge in [0.25, 0.3) is 0 Å². The fourth-order valence-electron chi connectivity index (χ4n) is 1.94. The Morgan fingerprint density at radius 3 is 2.44 bits per heavy atom. The maximum atomic E-state index is 4.24. The Morgan fingerprint density at radius 2 is 1.81 bits per heavy atom. The first-order chi connectivity index (χ1) is 7.90. The van der Waals surface area contributed by atoms with E-state index in [0.717, 1.165) is 31.1 Å². The molecular formula is C11H17N5. The minimum atomic E-state index is 0.503. The Hall–Kier alpha value is -1.36. The molecule has 1 aliphatic heterocycles. The maximum Gasteiger partial charge on any atom is 0.131 e. The number of nitrogens with zero attached hydrogens (tertiary/aromatic N) is 2. The van der Waals surface area contributed by atoms with Crippen LogP contribution >= 0.6 is 0 Å². The van der Waals surface area contributed by atoms with Gasteiger partial charge in [0, 0.05) is 24.7 Å². The zero-order valence-electron chi connectivity index (χ0n) is 9.24. The average molecular weight is 219 g/mol. The minimum absolute atomic E-state index is 0.503. The second-order valence-electron chi connectivity index (χ2n) is 4.54. The molecule has 0 spiro atoms. The lowest BCUT2D eigenvalue weighted by atomic mass is 10.2. The highest BCUT2D eigenvalue weighted by Crippen LogP contribution is 2.24. The third-order valence-corrected chi connectivity index (χ3v) is 3.01. The summed E-state index contributed by atoms with van der Waals surface area (Å²) in [6.07, 6.45) is 5.31. The SMILES string of the molecule is c1nc(NC2CC2)cc(N[C@H]2CCNC2)n1. The van der Waals surface area contributed by atoms with Gasteiger partial charge in [0.15, 0.2) is 0 Å². The van der Waals surface area contributed by atoms with Crippen LogP contribution in [0.4, 0.5) is 11.6 Å². The Kier molecular flexibility index (Phi) is 2.61. The van der Waals surface area contributed by atoms with Crippen LogP contribution in [0, 0.1) is 0 Å². The van der Waals surface area contributed by atoms with Crippen LogP contribution in [0.15, 0.2) is 12.4 Å². The number of aromatic nitrogens is 2. The molecule has 16 heavy (non-hydrogen) atoms. The van der Waals surface area contributed by atoms with Gasteiger partial charge in [0.05, 0.1) is 0 Å². The summed E-state index contributed by atoms with van der Waals surface area (Å²) < 4.78 is 0. The van der Waals surface area contributed by atoms with Crippen molar-refractivity contribution in [3.05, 3.63) is 12.4 Å². The third kappa shape index (κ3) is 2.41. The van der Waals surface area contributed by atoms with Gasteiger partial charge in [-0.2, -0.15) is 0 Å². The summed E-state index contributed by atoms with van der Waals surface area (Å²) in [5, 5.41) is 10.1. The van der Waals surface area contributed by atoms with Crippen LogP contribution in [0.2, 0.25) is 0 Å². The Morgan fingerprint density at radius 1 is 1.06 bits per heavy atom. The van der Waals surface area contributed by atoms with Crippen molar-refractivity contribution >= 4 is 11.6 Å². The van der Waals surface area contributed by atoms with Crippen molar-refractivity contribution in [1.29, 1.82) is 0 Å². The predicted molar refractivity (Wildman–Crippen MR) is 63.6 cm³/mol. The highest BCUT2D eigenvalue weighted by molar-refractivity contribution is 5.48. The van der Waals surface area contributed by atoms with Crippen LogP contribution in [0.1, 0.15) is 19.3 Å². The molecule has 1 saturated heterocycles. The molecule has 1 aromatic rings. The van der Waals surface area contributed by atoms with Crippen LogP contribution in [-0.4, -0.2) is 35.1 Å². The maximum absolute atomic E-state index is 4.24. The molecule has 0 unspecified atom stereocenters. The molecule has 1 atom stereocenters. The first-order valence-corrected chi connectivity index (χ1v) is 5.96. The third-order valence-electron chi connectivity index (χ3n) is 3.01. The molecule has 3 N–H and O–H groups in total. The number of nitrogens with one attached hydrogen (secondary N) is 3. The van der Waals surface area contributed by atoms with Crippen LogP contribution in [-0.2, 0) is 0 Å². The van der Waals surface area contributed by atoms with E-state index in [1.807, 2.05) is 6.07 Å². The molecule has 5 heteroatoms. The monoisotopic (exact) mass is 219 g/mol. The van der Waals surface area contributed by atoms with Gasteiger partial charge in [-0.1, -0.05) is 0 Å². The summed E-state index contributed by atoms with van der Waals surface area (Å²) in [4.78, 5) is 8.46. The van der Waals surface area contributed by atoms with Crippen LogP contribution in [0.25, 0.3) is 0 Å². The van der Waals surface area contributed by atoms with Crippen molar-refractivity contribution in [1.82, 2.24) is 15.3 Å². The number of anilines is 2. The van der Waals surface area contributed by atoms with Crippen LogP contribution in [0.5, 0.6) is 0 Å². The molecule has 0 bridgehead atoms. The highest BCUT2D eigenvalue weighted by Gasteiger charge is 2.21. The Labute approximate surface area is 95.1 Å². The first kappa shape index (κ1) is 9.84. The molecule has 2 heterocycles. The van der Waals surface area contributed by atoms with Gasteiger partial charge in [-0.05, 0) is 25.8 Å². The lowest BCUT2D eigenvalue weighted by molar-refractivity contribution is 0.787. The molecule has 0 amide bonds. The Balaban J connectivity index is 1.63. The van der Waals surface area contributed by atoms with Gasteiger partial charge in [-0.25, -0.2) is 9.97 Å². The molecule has 0 radical (unpaired) electrons. The zero-order chi connectivity index (χ0) is 10.8. The number of hydrogen-bond acceptors (Lipinski definition) is 5. The molecule has 2 aliphatic rings. The van der Waals surface area contributed by atoms with Gasteiger partial charge in [0.1, 0.15) is 18.0 Å². The number of rotatable bonds is 4. The summed E-state index contributed by atoms with van der Waals surface area (Å²) in [6.45, 7) is 2.12. The fourth-order valence-corrected chi connectivity index (χ4v) is 1.94. The van der Waals surface area contributed by atoms with Crippen molar-refractivity contribution < 1.29 is 0 Å². The van der Waals surface area contributed by atoms with E-state index in [9.17, 15) is 0 Å². The van der Waals surface area contributed by atoms with Gasteiger partial charge < -0.3 is 16.0 Å². The molecule has 1 aliphatic carbocycles. The summed E-state index contributed by atoms with van der Waals surface area (Å²) in [7, 11) is 0. The van der Waals surface area contributed by atoms with E-state index < -0.39 is 0 Å². The van der Waals surface area contributed by atoms with Crippen molar-refractivity contribution in [2.45, 2.75) is 31.3 Å². The van der Waals surface area contributed by atoms with E-state index >= 15 is 0 Å². The van der Waals surface area contributed by atoms with Gasteiger partial charge in [0.2, 0.25) is 0 Å².